The number of aryl methyl sites for hydroxylation is 2. The molecule has 0 aromatic carbocycles. The second-order valence-electron chi connectivity index (χ2n) is 8.52. The van der Waals surface area contributed by atoms with Gasteiger partial charge in [-0.3, -0.25) is 9.69 Å². The normalized spacial score (nSPS) is 20.0. The van der Waals surface area contributed by atoms with Crippen molar-refractivity contribution < 1.29 is 0 Å². The fourth-order valence-electron chi connectivity index (χ4n) is 4.65. The van der Waals surface area contributed by atoms with Crippen LogP contribution in [0.5, 0.6) is 0 Å². The Morgan fingerprint density at radius 3 is 2.62 bits per heavy atom. The van der Waals surface area contributed by atoms with Crippen molar-refractivity contribution in [3.05, 3.63) is 45.0 Å². The van der Waals surface area contributed by atoms with Crippen molar-refractivity contribution in [1.82, 2.24) is 29.8 Å². The van der Waals surface area contributed by atoms with Crippen molar-refractivity contribution in [2.75, 3.05) is 51.2 Å². The zero-order valence-corrected chi connectivity index (χ0v) is 17.2. The van der Waals surface area contributed by atoms with Gasteiger partial charge in [-0.05, 0) is 43.5 Å². The molecule has 1 saturated heterocycles. The first kappa shape index (κ1) is 18.7. The summed E-state index contributed by atoms with van der Waals surface area (Å²) in [7, 11) is 2.16. The molecule has 8 nitrogen and oxygen atoms in total. The van der Waals surface area contributed by atoms with E-state index in [2.05, 4.69) is 43.1 Å². The zero-order valence-electron chi connectivity index (χ0n) is 17.2. The number of hydrogen-bond acceptors (Lipinski definition) is 7. The van der Waals surface area contributed by atoms with E-state index in [1.165, 1.54) is 5.56 Å². The van der Waals surface area contributed by atoms with E-state index in [4.69, 9.17) is 0 Å². The van der Waals surface area contributed by atoms with Crippen LogP contribution in [0, 0.1) is 0 Å². The van der Waals surface area contributed by atoms with Crippen LogP contribution in [0.25, 0.3) is 0 Å². The maximum Gasteiger partial charge on any atom is 0.267 e. The summed E-state index contributed by atoms with van der Waals surface area (Å²) < 4.78 is 1.65. The number of nitrogens with zero attached hydrogens (tertiary/aromatic N) is 7. The van der Waals surface area contributed by atoms with Crippen LogP contribution < -0.4 is 10.5 Å². The Hall–Kier alpha value is -2.32. The molecule has 4 heterocycles. The number of fused-ring (bicyclic) bond motifs is 2. The summed E-state index contributed by atoms with van der Waals surface area (Å²) in [6.45, 7) is 7.36. The number of anilines is 1. The average Bonchev–Trinajstić information content (AvgIpc) is 3.19. The Morgan fingerprint density at radius 1 is 0.897 bits per heavy atom. The van der Waals surface area contributed by atoms with Crippen LogP contribution in [-0.4, -0.2) is 76.1 Å². The number of likely N-dealkylation sites (N-methyl/N-ethyl adjacent to an activating group) is 1. The summed E-state index contributed by atoms with van der Waals surface area (Å²) in [5.74, 6) is 0.996. The lowest BCUT2D eigenvalue weighted by Gasteiger charge is -2.35. The standard InChI is InChI=1S/C21H29N7O/c1-25-6-5-18-17(15-25)13-20(23-22-18)27-10-7-26(8-11-27)9-12-28-21(29)14-16-3-2-4-19(16)24-28/h13-14H,2-12,15H2,1H3. The summed E-state index contributed by atoms with van der Waals surface area (Å²) in [6, 6.07) is 4.02. The van der Waals surface area contributed by atoms with Gasteiger partial charge in [0.15, 0.2) is 5.82 Å². The van der Waals surface area contributed by atoms with Gasteiger partial charge in [0.25, 0.3) is 5.56 Å². The van der Waals surface area contributed by atoms with Crippen LogP contribution in [0.3, 0.4) is 0 Å². The van der Waals surface area contributed by atoms with Gasteiger partial charge in [-0.25, -0.2) is 4.68 Å². The van der Waals surface area contributed by atoms with Crippen LogP contribution in [0.15, 0.2) is 16.9 Å². The SMILES string of the molecule is CN1CCc2nnc(N3CCN(CCn4nc5c(cc4=O)CCC5)CC3)cc2C1. The van der Waals surface area contributed by atoms with E-state index in [0.717, 1.165) is 94.3 Å². The Labute approximate surface area is 171 Å². The number of piperazine rings is 1. The Kier molecular flexibility index (Phi) is 5.05. The molecule has 8 heteroatoms. The minimum atomic E-state index is 0.0404. The van der Waals surface area contributed by atoms with Crippen molar-refractivity contribution >= 4 is 5.82 Å². The third-order valence-electron chi connectivity index (χ3n) is 6.47. The van der Waals surface area contributed by atoms with Gasteiger partial charge < -0.3 is 9.80 Å². The van der Waals surface area contributed by atoms with Crippen molar-refractivity contribution in [3.63, 3.8) is 0 Å². The lowest BCUT2D eigenvalue weighted by atomic mass is 10.1. The van der Waals surface area contributed by atoms with Gasteiger partial charge >= 0.3 is 0 Å². The van der Waals surface area contributed by atoms with Crippen LogP contribution in [0.4, 0.5) is 5.82 Å². The fourth-order valence-corrected chi connectivity index (χ4v) is 4.65. The molecule has 0 radical (unpaired) electrons. The predicted molar refractivity (Wildman–Crippen MR) is 111 cm³/mol. The van der Waals surface area contributed by atoms with Gasteiger partial charge in [-0.1, -0.05) is 0 Å². The first-order valence-electron chi connectivity index (χ1n) is 10.8. The van der Waals surface area contributed by atoms with Gasteiger partial charge in [-0.15, -0.1) is 5.10 Å². The molecule has 0 saturated carbocycles. The number of aromatic nitrogens is 4. The molecular formula is C21H29N7O. The van der Waals surface area contributed by atoms with Crippen LogP contribution >= 0.6 is 0 Å². The third-order valence-corrected chi connectivity index (χ3v) is 6.47. The molecular weight excluding hydrogens is 366 g/mol. The van der Waals surface area contributed by atoms with Crippen molar-refractivity contribution in [2.24, 2.45) is 0 Å². The summed E-state index contributed by atoms with van der Waals surface area (Å²) in [4.78, 5) is 19.4. The van der Waals surface area contributed by atoms with Gasteiger partial charge in [0.1, 0.15) is 0 Å². The van der Waals surface area contributed by atoms with Crippen LogP contribution in [0.2, 0.25) is 0 Å². The molecule has 154 valence electrons. The molecule has 0 N–H and O–H groups in total. The monoisotopic (exact) mass is 395 g/mol. The molecule has 1 aliphatic carbocycles. The Morgan fingerprint density at radius 2 is 1.76 bits per heavy atom. The van der Waals surface area contributed by atoms with E-state index in [9.17, 15) is 4.79 Å². The highest BCUT2D eigenvalue weighted by atomic mass is 16.1. The topological polar surface area (TPSA) is 70.4 Å². The maximum absolute atomic E-state index is 12.3. The first-order valence-corrected chi connectivity index (χ1v) is 10.8. The van der Waals surface area contributed by atoms with Crippen LogP contribution in [0.1, 0.15) is 28.9 Å². The van der Waals surface area contributed by atoms with Crippen molar-refractivity contribution in [2.45, 2.75) is 38.8 Å². The summed E-state index contributed by atoms with van der Waals surface area (Å²) in [6.07, 6.45) is 4.12. The molecule has 0 atom stereocenters. The molecule has 0 amide bonds. The first-order chi connectivity index (χ1) is 14.2. The van der Waals surface area contributed by atoms with E-state index in [1.807, 2.05) is 0 Å². The molecule has 5 rings (SSSR count). The minimum Gasteiger partial charge on any atom is -0.353 e. The molecule has 2 aromatic heterocycles. The van der Waals surface area contributed by atoms with E-state index in [1.54, 1.807) is 10.7 Å². The van der Waals surface area contributed by atoms with Gasteiger partial charge in [0.05, 0.1) is 17.9 Å². The highest BCUT2D eigenvalue weighted by Crippen LogP contribution is 2.21. The summed E-state index contributed by atoms with van der Waals surface area (Å²) >= 11 is 0. The Balaban J connectivity index is 1.17. The van der Waals surface area contributed by atoms with Gasteiger partial charge in [0, 0.05) is 58.3 Å². The second kappa shape index (κ2) is 7.84. The molecule has 0 bridgehead atoms. The molecule has 0 unspecified atom stereocenters. The lowest BCUT2D eigenvalue weighted by Crippen LogP contribution is -2.48. The van der Waals surface area contributed by atoms with Crippen molar-refractivity contribution in [1.29, 1.82) is 0 Å². The molecule has 29 heavy (non-hydrogen) atoms. The highest BCUT2D eigenvalue weighted by Gasteiger charge is 2.22. The van der Waals surface area contributed by atoms with E-state index < -0.39 is 0 Å². The Bertz CT molecular complexity index is 949. The zero-order chi connectivity index (χ0) is 19.8. The third kappa shape index (κ3) is 3.91. The van der Waals surface area contributed by atoms with Crippen molar-refractivity contribution in [3.8, 4) is 0 Å². The minimum absolute atomic E-state index is 0.0404. The largest absolute Gasteiger partial charge is 0.353 e. The molecule has 3 aliphatic rings. The summed E-state index contributed by atoms with van der Waals surface area (Å²) in [5.41, 5.74) is 4.77. The highest BCUT2D eigenvalue weighted by molar-refractivity contribution is 5.42. The maximum atomic E-state index is 12.3. The van der Waals surface area contributed by atoms with Gasteiger partial charge in [-0.2, -0.15) is 10.2 Å². The second-order valence-corrected chi connectivity index (χ2v) is 8.52. The molecule has 0 spiro atoms. The fraction of sp³-hybridized carbons (Fsp3) is 0.619. The smallest absolute Gasteiger partial charge is 0.267 e. The number of rotatable bonds is 4. The molecule has 2 aliphatic heterocycles. The van der Waals surface area contributed by atoms with Crippen LogP contribution in [-0.2, 0) is 32.4 Å². The van der Waals surface area contributed by atoms with E-state index in [-0.39, 0.29) is 5.56 Å². The summed E-state index contributed by atoms with van der Waals surface area (Å²) in [5, 5.41) is 13.6. The quantitative estimate of drug-likeness (QED) is 0.739. The lowest BCUT2D eigenvalue weighted by molar-refractivity contribution is 0.241. The number of hydrogen-bond donors (Lipinski definition) is 0. The van der Waals surface area contributed by atoms with E-state index in [0.29, 0.717) is 6.54 Å². The molecule has 2 aromatic rings. The van der Waals surface area contributed by atoms with Gasteiger partial charge in [0.2, 0.25) is 0 Å². The average molecular weight is 396 g/mol. The predicted octanol–water partition coefficient (Wildman–Crippen LogP) is 0.332. The molecule has 1 fully saturated rings. The van der Waals surface area contributed by atoms with E-state index >= 15 is 0 Å².